The summed E-state index contributed by atoms with van der Waals surface area (Å²) in [6, 6.07) is 11.4. The molecule has 156 valence electrons. The standard InChI is InChI=1S/C19H25N5O.3ClH/c1-23-8-10-24(11-9-23)18-12-16(6-7-21-18)14-22-19(25)13-15-2-4-17(20)5-3-15;;;/h2-7,12H,8-11,13-14,20H2,1H3,(H,22,25);3*1H. The fourth-order valence-electron chi connectivity index (χ4n) is 2.86. The molecule has 1 aliphatic rings. The quantitative estimate of drug-likeness (QED) is 0.688. The van der Waals surface area contributed by atoms with Gasteiger partial charge in [-0.15, -0.1) is 37.2 Å². The maximum Gasteiger partial charge on any atom is 0.224 e. The van der Waals surface area contributed by atoms with Gasteiger partial charge in [0.15, 0.2) is 0 Å². The van der Waals surface area contributed by atoms with Crippen LogP contribution in [-0.2, 0) is 17.8 Å². The van der Waals surface area contributed by atoms with Crippen LogP contribution >= 0.6 is 37.2 Å². The Balaban J connectivity index is 0.00000243. The molecule has 0 saturated carbocycles. The van der Waals surface area contributed by atoms with E-state index in [-0.39, 0.29) is 43.1 Å². The third-order valence-corrected chi connectivity index (χ3v) is 4.47. The minimum absolute atomic E-state index is 0. The van der Waals surface area contributed by atoms with E-state index in [0.717, 1.165) is 43.1 Å². The van der Waals surface area contributed by atoms with Crippen molar-refractivity contribution in [1.82, 2.24) is 15.2 Å². The van der Waals surface area contributed by atoms with Gasteiger partial charge in [-0.05, 0) is 42.4 Å². The van der Waals surface area contributed by atoms with Crippen LogP contribution in [0.3, 0.4) is 0 Å². The predicted octanol–water partition coefficient (Wildman–Crippen LogP) is 2.54. The lowest BCUT2D eigenvalue weighted by molar-refractivity contribution is -0.120. The zero-order valence-corrected chi connectivity index (χ0v) is 18.3. The third kappa shape index (κ3) is 7.72. The average molecular weight is 449 g/mol. The van der Waals surface area contributed by atoms with Crippen molar-refractivity contribution in [1.29, 1.82) is 0 Å². The second-order valence-electron chi connectivity index (χ2n) is 6.51. The Morgan fingerprint density at radius 2 is 1.68 bits per heavy atom. The van der Waals surface area contributed by atoms with Crippen molar-refractivity contribution in [3.05, 3.63) is 53.7 Å². The van der Waals surface area contributed by atoms with Crippen LogP contribution in [0.25, 0.3) is 0 Å². The molecule has 0 bridgehead atoms. The Kier molecular flexibility index (Phi) is 11.9. The van der Waals surface area contributed by atoms with Crippen molar-refractivity contribution < 1.29 is 4.79 Å². The van der Waals surface area contributed by atoms with Gasteiger partial charge >= 0.3 is 0 Å². The molecule has 28 heavy (non-hydrogen) atoms. The van der Waals surface area contributed by atoms with E-state index in [4.69, 9.17) is 5.73 Å². The van der Waals surface area contributed by atoms with Crippen molar-refractivity contribution in [2.75, 3.05) is 43.9 Å². The minimum Gasteiger partial charge on any atom is -0.399 e. The zero-order chi connectivity index (χ0) is 17.6. The third-order valence-electron chi connectivity index (χ3n) is 4.47. The van der Waals surface area contributed by atoms with Crippen molar-refractivity contribution in [2.24, 2.45) is 0 Å². The Hall–Kier alpha value is -1.73. The normalized spacial score (nSPS) is 13.5. The number of rotatable bonds is 5. The van der Waals surface area contributed by atoms with E-state index >= 15 is 0 Å². The molecule has 3 N–H and O–H groups in total. The van der Waals surface area contributed by atoms with Gasteiger partial charge in [-0.1, -0.05) is 12.1 Å². The molecular formula is C19H28Cl3N5O. The lowest BCUT2D eigenvalue weighted by atomic mass is 10.1. The molecule has 1 aromatic heterocycles. The molecule has 1 saturated heterocycles. The fourth-order valence-corrected chi connectivity index (χ4v) is 2.86. The van der Waals surface area contributed by atoms with Gasteiger partial charge in [0.2, 0.25) is 5.91 Å². The van der Waals surface area contributed by atoms with Crippen molar-refractivity contribution in [3.8, 4) is 0 Å². The number of halogens is 3. The highest BCUT2D eigenvalue weighted by Gasteiger charge is 2.15. The van der Waals surface area contributed by atoms with Crippen LogP contribution in [0.15, 0.2) is 42.6 Å². The number of nitrogens with one attached hydrogen (secondary N) is 1. The van der Waals surface area contributed by atoms with Crippen LogP contribution in [0.2, 0.25) is 0 Å². The molecule has 1 fully saturated rings. The number of hydrogen-bond donors (Lipinski definition) is 2. The molecule has 3 rings (SSSR count). The maximum absolute atomic E-state index is 12.1. The Bertz CT molecular complexity index is 722. The molecule has 2 aromatic rings. The summed E-state index contributed by atoms with van der Waals surface area (Å²) >= 11 is 0. The molecule has 1 aliphatic heterocycles. The summed E-state index contributed by atoms with van der Waals surface area (Å²) < 4.78 is 0. The van der Waals surface area contributed by atoms with E-state index in [2.05, 4.69) is 33.2 Å². The monoisotopic (exact) mass is 447 g/mol. The Morgan fingerprint density at radius 3 is 2.32 bits per heavy atom. The van der Waals surface area contributed by atoms with Gasteiger partial charge in [-0.2, -0.15) is 0 Å². The number of hydrogen-bond acceptors (Lipinski definition) is 5. The Morgan fingerprint density at radius 1 is 1.04 bits per heavy atom. The van der Waals surface area contributed by atoms with E-state index in [9.17, 15) is 4.79 Å². The van der Waals surface area contributed by atoms with Crippen molar-refractivity contribution in [2.45, 2.75) is 13.0 Å². The SMILES string of the molecule is CN1CCN(c2cc(CNC(=O)Cc3ccc(N)cc3)ccn2)CC1.Cl.Cl.Cl. The second kappa shape index (κ2) is 12.7. The highest BCUT2D eigenvalue weighted by molar-refractivity contribution is 5.86. The number of nitrogen functional groups attached to an aromatic ring is 1. The number of aromatic nitrogens is 1. The molecule has 1 amide bonds. The molecule has 2 heterocycles. The van der Waals surface area contributed by atoms with Crippen LogP contribution in [0.1, 0.15) is 11.1 Å². The fraction of sp³-hybridized carbons (Fsp3) is 0.368. The van der Waals surface area contributed by atoms with Gasteiger partial charge in [0.05, 0.1) is 6.42 Å². The molecule has 0 aliphatic carbocycles. The lowest BCUT2D eigenvalue weighted by Gasteiger charge is -2.33. The largest absolute Gasteiger partial charge is 0.399 e. The topological polar surface area (TPSA) is 74.5 Å². The maximum atomic E-state index is 12.1. The van der Waals surface area contributed by atoms with Crippen LogP contribution in [-0.4, -0.2) is 49.0 Å². The van der Waals surface area contributed by atoms with E-state index in [1.807, 2.05) is 36.5 Å². The zero-order valence-electron chi connectivity index (χ0n) is 15.8. The average Bonchev–Trinajstić information content (AvgIpc) is 2.63. The van der Waals surface area contributed by atoms with Gasteiger partial charge in [-0.3, -0.25) is 4.79 Å². The molecular weight excluding hydrogens is 421 g/mol. The second-order valence-corrected chi connectivity index (χ2v) is 6.51. The molecule has 0 unspecified atom stereocenters. The van der Waals surface area contributed by atoms with Gasteiger partial charge in [-0.25, -0.2) is 4.98 Å². The number of pyridine rings is 1. The van der Waals surface area contributed by atoms with Crippen LogP contribution in [0, 0.1) is 0 Å². The van der Waals surface area contributed by atoms with Gasteiger partial charge in [0, 0.05) is 44.6 Å². The number of carbonyl (C=O) groups excluding carboxylic acids is 1. The predicted molar refractivity (Wildman–Crippen MR) is 122 cm³/mol. The number of nitrogens with zero attached hydrogens (tertiary/aromatic N) is 3. The lowest BCUT2D eigenvalue weighted by Crippen LogP contribution is -2.44. The molecule has 6 nitrogen and oxygen atoms in total. The summed E-state index contributed by atoms with van der Waals surface area (Å²) in [6.07, 6.45) is 2.17. The summed E-state index contributed by atoms with van der Waals surface area (Å²) in [5, 5.41) is 2.97. The first kappa shape index (κ1) is 26.3. The van der Waals surface area contributed by atoms with Gasteiger partial charge in [0.25, 0.3) is 0 Å². The molecule has 1 aromatic carbocycles. The first-order valence-electron chi connectivity index (χ1n) is 8.60. The van der Waals surface area contributed by atoms with E-state index in [1.165, 1.54) is 0 Å². The number of amides is 1. The molecule has 0 spiro atoms. The summed E-state index contributed by atoms with van der Waals surface area (Å²) in [7, 11) is 2.14. The van der Waals surface area contributed by atoms with E-state index in [1.54, 1.807) is 0 Å². The summed E-state index contributed by atoms with van der Waals surface area (Å²) in [5.74, 6) is 0.987. The molecule has 0 atom stereocenters. The van der Waals surface area contributed by atoms with Crippen LogP contribution < -0.4 is 16.0 Å². The van der Waals surface area contributed by atoms with Crippen LogP contribution in [0.4, 0.5) is 11.5 Å². The first-order chi connectivity index (χ1) is 12.1. The number of anilines is 2. The molecule has 9 heteroatoms. The first-order valence-corrected chi connectivity index (χ1v) is 8.60. The number of nitrogens with two attached hydrogens (primary N) is 1. The highest BCUT2D eigenvalue weighted by Crippen LogP contribution is 2.15. The minimum atomic E-state index is 0. The summed E-state index contributed by atoms with van der Waals surface area (Å²) in [5.41, 5.74) is 8.39. The van der Waals surface area contributed by atoms with Crippen molar-refractivity contribution in [3.63, 3.8) is 0 Å². The smallest absolute Gasteiger partial charge is 0.224 e. The van der Waals surface area contributed by atoms with Gasteiger partial charge in [0.1, 0.15) is 5.82 Å². The van der Waals surface area contributed by atoms with Crippen LogP contribution in [0.5, 0.6) is 0 Å². The number of carbonyl (C=O) groups is 1. The number of benzene rings is 1. The summed E-state index contributed by atoms with van der Waals surface area (Å²) in [6.45, 7) is 4.57. The van der Waals surface area contributed by atoms with E-state index in [0.29, 0.717) is 18.7 Å². The van der Waals surface area contributed by atoms with Gasteiger partial charge < -0.3 is 20.9 Å². The molecule has 0 radical (unpaired) electrons. The number of piperazine rings is 1. The van der Waals surface area contributed by atoms with Crippen molar-refractivity contribution >= 4 is 54.6 Å². The summed E-state index contributed by atoms with van der Waals surface area (Å²) in [4.78, 5) is 21.2. The number of likely N-dealkylation sites (N-methyl/N-ethyl adjacent to an activating group) is 1. The highest BCUT2D eigenvalue weighted by atomic mass is 35.5. The Labute approximate surface area is 185 Å². The van der Waals surface area contributed by atoms with E-state index < -0.39 is 0 Å².